The van der Waals surface area contributed by atoms with E-state index in [1.165, 1.54) is 11.0 Å². The first-order valence-electron chi connectivity index (χ1n) is 10.0. The number of amides is 2. The molecule has 3 atom stereocenters. The van der Waals surface area contributed by atoms with Crippen molar-refractivity contribution in [2.75, 3.05) is 6.54 Å². The quantitative estimate of drug-likeness (QED) is 0.278. The monoisotopic (exact) mass is 436 g/mol. The molecule has 1 aliphatic rings. The molecule has 2 aromatic rings. The molecule has 0 saturated heterocycles. The molecule has 3 rings (SSSR count). The summed E-state index contributed by atoms with van der Waals surface area (Å²) in [6.45, 7) is 1.45. The highest BCUT2D eigenvalue weighted by atomic mass is 16.3. The van der Waals surface area contributed by atoms with E-state index in [0.717, 1.165) is 13.0 Å². The van der Waals surface area contributed by atoms with Gasteiger partial charge in [0.1, 0.15) is 6.33 Å². The molecule has 2 heterocycles. The molecular weight excluding hydrogens is 408 g/mol. The van der Waals surface area contributed by atoms with Crippen LogP contribution < -0.4 is 10.6 Å². The summed E-state index contributed by atoms with van der Waals surface area (Å²) in [7, 11) is 0. The van der Waals surface area contributed by atoms with Gasteiger partial charge in [-0.3, -0.25) is 19.1 Å². The van der Waals surface area contributed by atoms with Gasteiger partial charge in [-0.05, 0) is 42.2 Å². The van der Waals surface area contributed by atoms with Gasteiger partial charge in [-0.15, -0.1) is 5.10 Å². The van der Waals surface area contributed by atoms with Crippen LogP contribution in [0.2, 0.25) is 0 Å². The van der Waals surface area contributed by atoms with E-state index in [2.05, 4.69) is 31.3 Å². The number of hydrogen-bond acceptors (Lipinski definition) is 8. The topological polar surface area (TPSA) is 177 Å². The van der Waals surface area contributed by atoms with Crippen molar-refractivity contribution in [1.82, 2.24) is 40.6 Å². The molecule has 2 aromatic heterocycles. The Morgan fingerprint density at radius 3 is 2.68 bits per heavy atom. The third kappa shape index (κ3) is 8.50. The van der Waals surface area contributed by atoms with Gasteiger partial charge in [0, 0.05) is 37.8 Å². The van der Waals surface area contributed by atoms with E-state index in [-0.39, 0.29) is 36.7 Å². The number of tetrazole rings is 1. The predicted octanol–water partition coefficient (Wildman–Crippen LogP) is -1.19. The highest BCUT2D eigenvalue weighted by Gasteiger charge is 2.33. The molecule has 0 radical (unpaired) electrons. The Morgan fingerprint density at radius 1 is 1.23 bits per heavy atom. The summed E-state index contributed by atoms with van der Waals surface area (Å²) >= 11 is 0. The Hall–Kier alpha value is -3.35. The molecule has 4 N–H and O–H groups in total. The molecule has 0 bridgehead atoms. The zero-order valence-corrected chi connectivity index (χ0v) is 17.1. The van der Waals surface area contributed by atoms with Crippen LogP contribution in [-0.4, -0.2) is 77.2 Å². The summed E-state index contributed by atoms with van der Waals surface area (Å²) in [5.74, 6) is -0.432. The lowest BCUT2D eigenvalue weighted by Gasteiger charge is -2.33. The van der Waals surface area contributed by atoms with Gasteiger partial charge in [0.05, 0.1) is 18.7 Å². The maximum atomic E-state index is 12.3. The Bertz CT molecular complexity index is 783. The van der Waals surface area contributed by atoms with E-state index in [4.69, 9.17) is 9.90 Å². The van der Waals surface area contributed by atoms with Crippen LogP contribution in [0.25, 0.3) is 0 Å². The van der Waals surface area contributed by atoms with Crippen LogP contribution in [0.4, 0.5) is 0 Å². The molecule has 0 aromatic carbocycles. The second kappa shape index (κ2) is 13.1. The fourth-order valence-electron chi connectivity index (χ4n) is 3.36. The van der Waals surface area contributed by atoms with Gasteiger partial charge in [-0.2, -0.15) is 5.10 Å². The maximum absolute atomic E-state index is 12.3. The summed E-state index contributed by atoms with van der Waals surface area (Å²) < 4.78 is 3.30. The molecule has 2 amide bonds. The zero-order chi connectivity index (χ0) is 22.5. The number of nitrogens with one attached hydrogen (secondary N) is 2. The van der Waals surface area contributed by atoms with Crippen LogP contribution in [0.15, 0.2) is 24.8 Å². The molecule has 0 unspecified atom stereocenters. The van der Waals surface area contributed by atoms with Crippen molar-refractivity contribution >= 4 is 18.3 Å². The summed E-state index contributed by atoms with van der Waals surface area (Å²) in [5, 5.41) is 37.8. The summed E-state index contributed by atoms with van der Waals surface area (Å²) in [6, 6.07) is 1.54. The van der Waals surface area contributed by atoms with Crippen LogP contribution in [0.1, 0.15) is 32.1 Å². The third-order valence-corrected chi connectivity index (χ3v) is 4.92. The number of aromatic nitrogens is 6. The van der Waals surface area contributed by atoms with Crippen molar-refractivity contribution in [1.29, 1.82) is 0 Å². The highest BCUT2D eigenvalue weighted by molar-refractivity contribution is 5.79. The second-order valence-corrected chi connectivity index (χ2v) is 7.09. The van der Waals surface area contributed by atoms with E-state index >= 15 is 0 Å². The average Bonchev–Trinajstić information content (AvgIpc) is 3.46. The Labute approximate surface area is 178 Å². The number of aryl methyl sites for hydroxylation is 2. The lowest BCUT2D eigenvalue weighted by molar-refractivity contribution is -0.128. The molecule has 13 nitrogen and oxygen atoms in total. The van der Waals surface area contributed by atoms with Crippen LogP contribution >= 0.6 is 0 Å². The number of carbonyl (C=O) groups excluding carboxylic acids is 2. The maximum Gasteiger partial charge on any atom is 0.290 e. The minimum Gasteiger partial charge on any atom is -0.483 e. The smallest absolute Gasteiger partial charge is 0.290 e. The average molecular weight is 436 g/mol. The van der Waals surface area contributed by atoms with E-state index in [1.807, 2.05) is 16.9 Å². The van der Waals surface area contributed by atoms with Crippen molar-refractivity contribution < 1.29 is 24.6 Å². The first-order valence-corrected chi connectivity index (χ1v) is 10.0. The number of rotatable bonds is 9. The van der Waals surface area contributed by atoms with Crippen molar-refractivity contribution in [2.45, 2.75) is 57.3 Å². The Balaban J connectivity index is 0.00000107. The normalized spacial score (nSPS) is 20.2. The molecule has 31 heavy (non-hydrogen) atoms. The van der Waals surface area contributed by atoms with Gasteiger partial charge in [0.25, 0.3) is 6.47 Å². The van der Waals surface area contributed by atoms with E-state index in [9.17, 15) is 14.7 Å². The minimum atomic E-state index is -0.731. The standard InChI is InChI=1S/C17H26N8O3.CH2O2/c26-15-11-13(17(28)18-6-1-8-24-9-2-7-20-24)3-4-14(15)21-16(27)5-10-25-12-19-22-23-25;2-1-3/h2,7,9,12-15,26H,1,3-6,8,10-11H2,(H,18,28)(H,21,27);1H,(H,2,3)/t13-,14+,15+;/m0./s1. The number of carboxylic acid groups (broad SMARTS) is 1. The summed E-state index contributed by atoms with van der Waals surface area (Å²) in [4.78, 5) is 32.7. The lowest BCUT2D eigenvalue weighted by atomic mass is 9.83. The van der Waals surface area contributed by atoms with E-state index in [0.29, 0.717) is 32.4 Å². The number of aliphatic hydroxyl groups excluding tert-OH is 1. The number of hydrogen-bond donors (Lipinski definition) is 4. The van der Waals surface area contributed by atoms with Gasteiger partial charge in [0.15, 0.2) is 0 Å². The second-order valence-electron chi connectivity index (χ2n) is 7.09. The first kappa shape index (κ1) is 23.9. The number of carbonyl (C=O) groups is 3. The number of aliphatic hydroxyl groups is 1. The van der Waals surface area contributed by atoms with Gasteiger partial charge < -0.3 is 20.8 Å². The molecule has 0 aliphatic heterocycles. The number of nitrogens with zero attached hydrogens (tertiary/aromatic N) is 6. The van der Waals surface area contributed by atoms with Crippen LogP contribution in [-0.2, 0) is 27.5 Å². The fraction of sp³-hybridized carbons (Fsp3) is 0.611. The Kier molecular flexibility index (Phi) is 10.1. The van der Waals surface area contributed by atoms with Crippen LogP contribution in [0.3, 0.4) is 0 Å². The van der Waals surface area contributed by atoms with Gasteiger partial charge in [-0.1, -0.05) is 0 Å². The van der Waals surface area contributed by atoms with Crippen molar-refractivity contribution in [3.8, 4) is 0 Å². The molecule has 170 valence electrons. The van der Waals surface area contributed by atoms with E-state index in [1.54, 1.807) is 6.20 Å². The van der Waals surface area contributed by atoms with E-state index < -0.39 is 6.10 Å². The van der Waals surface area contributed by atoms with Crippen molar-refractivity contribution in [3.63, 3.8) is 0 Å². The summed E-state index contributed by atoms with van der Waals surface area (Å²) in [6.07, 6.45) is 6.91. The highest BCUT2D eigenvalue weighted by Crippen LogP contribution is 2.25. The van der Waals surface area contributed by atoms with Crippen LogP contribution in [0, 0.1) is 5.92 Å². The molecule has 1 aliphatic carbocycles. The van der Waals surface area contributed by atoms with Crippen molar-refractivity contribution in [2.24, 2.45) is 5.92 Å². The lowest BCUT2D eigenvalue weighted by Crippen LogP contribution is -2.49. The molecular formula is C18H28N8O5. The molecule has 1 saturated carbocycles. The molecule has 13 heteroatoms. The predicted molar refractivity (Wildman–Crippen MR) is 106 cm³/mol. The molecule has 1 fully saturated rings. The Morgan fingerprint density at radius 2 is 2.03 bits per heavy atom. The summed E-state index contributed by atoms with van der Waals surface area (Å²) in [5.41, 5.74) is 0. The fourth-order valence-corrected chi connectivity index (χ4v) is 3.36. The minimum absolute atomic E-state index is 0.0389. The van der Waals surface area contributed by atoms with Crippen LogP contribution in [0.5, 0.6) is 0 Å². The first-order chi connectivity index (χ1) is 15.0. The van der Waals surface area contributed by atoms with Crippen molar-refractivity contribution in [3.05, 3.63) is 24.8 Å². The zero-order valence-electron chi connectivity index (χ0n) is 17.1. The largest absolute Gasteiger partial charge is 0.483 e. The SMILES string of the molecule is O=C(CCn1cnnn1)N[C@@H]1CC[C@H](C(=O)NCCCn2cccn2)C[C@H]1O.O=CO. The van der Waals surface area contributed by atoms with Gasteiger partial charge >= 0.3 is 0 Å². The van der Waals surface area contributed by atoms with Gasteiger partial charge in [0.2, 0.25) is 11.8 Å². The third-order valence-electron chi connectivity index (χ3n) is 4.92. The molecule has 0 spiro atoms. The van der Waals surface area contributed by atoms with Gasteiger partial charge in [-0.25, -0.2) is 4.68 Å².